The van der Waals surface area contributed by atoms with Crippen LogP contribution in [0.25, 0.3) is 0 Å². The molecule has 2 atom stereocenters. The molecule has 1 aromatic rings. The van der Waals surface area contributed by atoms with Crippen molar-refractivity contribution in [3.63, 3.8) is 0 Å². The molecule has 4 nitrogen and oxygen atoms in total. The number of hydrogen-bond donors (Lipinski definition) is 2. The molecule has 0 saturated carbocycles. The molecule has 0 aliphatic carbocycles. The maximum absolute atomic E-state index is 13.4. The first kappa shape index (κ1) is 18.8. The summed E-state index contributed by atoms with van der Waals surface area (Å²) in [4.78, 5) is 0.114. The van der Waals surface area contributed by atoms with Gasteiger partial charge in [0.15, 0.2) is 0 Å². The van der Waals surface area contributed by atoms with Crippen molar-refractivity contribution in [2.45, 2.75) is 43.7 Å². The minimum Gasteiger partial charge on any atom is -0.313 e. The second kappa shape index (κ2) is 7.37. The SMILES string of the molecule is Cc1cc(F)c(Br)cc1S(=O)(=O)NC1CCCNC1C.Cl. The Kier molecular flexibility index (Phi) is 6.61. The fourth-order valence-electron chi connectivity index (χ4n) is 2.39. The smallest absolute Gasteiger partial charge is 0.241 e. The summed E-state index contributed by atoms with van der Waals surface area (Å²) < 4.78 is 41.2. The highest BCUT2D eigenvalue weighted by molar-refractivity contribution is 9.10. The van der Waals surface area contributed by atoms with Crippen LogP contribution >= 0.6 is 28.3 Å². The molecule has 1 fully saturated rings. The monoisotopic (exact) mass is 400 g/mol. The lowest BCUT2D eigenvalue weighted by atomic mass is 10.0. The zero-order valence-corrected chi connectivity index (χ0v) is 15.0. The van der Waals surface area contributed by atoms with Crippen LogP contribution < -0.4 is 10.0 Å². The normalized spacial score (nSPS) is 22.7. The van der Waals surface area contributed by atoms with Crippen LogP contribution in [0, 0.1) is 12.7 Å². The van der Waals surface area contributed by atoms with Gasteiger partial charge in [0, 0.05) is 12.1 Å². The molecule has 2 rings (SSSR count). The maximum Gasteiger partial charge on any atom is 0.241 e. The summed E-state index contributed by atoms with van der Waals surface area (Å²) in [6, 6.07) is 2.48. The van der Waals surface area contributed by atoms with Crippen molar-refractivity contribution in [3.8, 4) is 0 Å². The summed E-state index contributed by atoms with van der Waals surface area (Å²) in [5.41, 5.74) is 0.398. The Hall–Kier alpha value is -0.210. The summed E-state index contributed by atoms with van der Waals surface area (Å²) >= 11 is 3.03. The first-order valence-electron chi connectivity index (χ1n) is 6.52. The lowest BCUT2D eigenvalue weighted by molar-refractivity contribution is 0.348. The molecule has 0 spiro atoms. The number of benzene rings is 1. The number of sulfonamides is 1. The van der Waals surface area contributed by atoms with Gasteiger partial charge in [0.25, 0.3) is 0 Å². The minimum absolute atomic E-state index is 0. The molecule has 120 valence electrons. The van der Waals surface area contributed by atoms with Gasteiger partial charge in [-0.05, 0) is 66.9 Å². The van der Waals surface area contributed by atoms with E-state index in [2.05, 4.69) is 26.0 Å². The second-order valence-electron chi connectivity index (χ2n) is 5.14. The molecule has 2 unspecified atom stereocenters. The second-order valence-corrected chi connectivity index (χ2v) is 7.68. The van der Waals surface area contributed by atoms with E-state index in [-0.39, 0.29) is 33.9 Å². The predicted octanol–water partition coefficient (Wildman–Crippen LogP) is 2.74. The molecule has 1 aliphatic rings. The third kappa shape index (κ3) is 4.39. The molecule has 21 heavy (non-hydrogen) atoms. The van der Waals surface area contributed by atoms with Gasteiger partial charge in [-0.2, -0.15) is 0 Å². The average Bonchev–Trinajstić information content (AvgIpc) is 2.36. The standard InChI is InChI=1S/C13H18BrFN2O2S.ClH/c1-8-6-11(15)10(14)7-13(8)20(18,19)17-12-4-3-5-16-9(12)2;/h6-7,9,12,16-17H,3-5H2,1-2H3;1H. The minimum atomic E-state index is -3.65. The van der Waals surface area contributed by atoms with Crippen LogP contribution in [0.1, 0.15) is 25.3 Å². The first-order valence-corrected chi connectivity index (χ1v) is 8.80. The lowest BCUT2D eigenvalue weighted by Crippen LogP contribution is -2.51. The molecular weight excluding hydrogens is 383 g/mol. The number of nitrogens with one attached hydrogen (secondary N) is 2. The van der Waals surface area contributed by atoms with Gasteiger partial charge in [-0.1, -0.05) is 0 Å². The van der Waals surface area contributed by atoms with E-state index < -0.39 is 15.8 Å². The van der Waals surface area contributed by atoms with E-state index >= 15 is 0 Å². The Morgan fingerprint density at radius 3 is 2.71 bits per heavy atom. The van der Waals surface area contributed by atoms with Gasteiger partial charge in [-0.3, -0.25) is 0 Å². The van der Waals surface area contributed by atoms with Crippen LogP contribution in [0.2, 0.25) is 0 Å². The van der Waals surface area contributed by atoms with E-state index in [1.807, 2.05) is 6.92 Å². The van der Waals surface area contributed by atoms with E-state index in [1.165, 1.54) is 12.1 Å². The van der Waals surface area contributed by atoms with Crippen molar-refractivity contribution in [2.24, 2.45) is 0 Å². The molecule has 0 amide bonds. The van der Waals surface area contributed by atoms with Crippen LogP contribution in [-0.2, 0) is 10.0 Å². The van der Waals surface area contributed by atoms with Crippen LogP contribution in [-0.4, -0.2) is 27.0 Å². The number of piperidine rings is 1. The Morgan fingerprint density at radius 1 is 1.43 bits per heavy atom. The highest BCUT2D eigenvalue weighted by Gasteiger charge is 2.27. The third-order valence-corrected chi connectivity index (χ3v) is 5.82. The van der Waals surface area contributed by atoms with Crippen LogP contribution in [0.3, 0.4) is 0 Å². The summed E-state index contributed by atoms with van der Waals surface area (Å²) in [5.74, 6) is -0.464. The van der Waals surface area contributed by atoms with Crippen LogP contribution in [0.5, 0.6) is 0 Å². The number of aryl methyl sites for hydroxylation is 1. The molecule has 2 N–H and O–H groups in total. The molecule has 1 aromatic carbocycles. The van der Waals surface area contributed by atoms with Gasteiger partial charge in [0.2, 0.25) is 10.0 Å². The van der Waals surface area contributed by atoms with Gasteiger partial charge >= 0.3 is 0 Å². The zero-order valence-electron chi connectivity index (χ0n) is 11.8. The summed E-state index contributed by atoms with van der Waals surface area (Å²) in [6.07, 6.45) is 1.73. The zero-order chi connectivity index (χ0) is 14.9. The average molecular weight is 402 g/mol. The fraction of sp³-hybridized carbons (Fsp3) is 0.538. The molecule has 0 radical (unpaired) electrons. The molecular formula is C13H19BrClFN2O2S. The predicted molar refractivity (Wildman–Crippen MR) is 86.9 cm³/mol. The van der Waals surface area contributed by atoms with Gasteiger partial charge in [-0.15, -0.1) is 12.4 Å². The van der Waals surface area contributed by atoms with Crippen molar-refractivity contribution >= 4 is 38.4 Å². The number of hydrogen-bond acceptors (Lipinski definition) is 3. The van der Waals surface area contributed by atoms with Gasteiger partial charge in [0.1, 0.15) is 5.82 Å². The van der Waals surface area contributed by atoms with Crippen molar-refractivity contribution in [1.29, 1.82) is 0 Å². The van der Waals surface area contributed by atoms with E-state index in [0.29, 0.717) is 5.56 Å². The van der Waals surface area contributed by atoms with Crippen molar-refractivity contribution in [1.82, 2.24) is 10.0 Å². The number of halogens is 3. The highest BCUT2D eigenvalue weighted by atomic mass is 79.9. The topological polar surface area (TPSA) is 58.2 Å². The van der Waals surface area contributed by atoms with Crippen LogP contribution in [0.4, 0.5) is 4.39 Å². The molecule has 1 heterocycles. The Labute approximate surface area is 139 Å². The Balaban J connectivity index is 0.00000220. The van der Waals surface area contributed by atoms with E-state index in [0.717, 1.165) is 19.4 Å². The van der Waals surface area contributed by atoms with E-state index in [9.17, 15) is 12.8 Å². The Bertz CT molecular complexity index is 612. The Morgan fingerprint density at radius 2 is 2.10 bits per heavy atom. The molecule has 1 saturated heterocycles. The van der Waals surface area contributed by atoms with Gasteiger partial charge in [0.05, 0.1) is 9.37 Å². The molecule has 1 aliphatic heterocycles. The lowest BCUT2D eigenvalue weighted by Gasteiger charge is -2.30. The summed E-state index contributed by atoms with van der Waals surface area (Å²) in [7, 11) is -3.65. The van der Waals surface area contributed by atoms with Crippen LogP contribution in [0.15, 0.2) is 21.5 Å². The van der Waals surface area contributed by atoms with Gasteiger partial charge in [-0.25, -0.2) is 17.5 Å². The fourth-order valence-corrected chi connectivity index (χ4v) is 4.48. The maximum atomic E-state index is 13.4. The van der Waals surface area contributed by atoms with E-state index in [1.54, 1.807) is 6.92 Å². The molecule has 0 bridgehead atoms. The first-order chi connectivity index (χ1) is 9.31. The summed E-state index contributed by atoms with van der Waals surface area (Å²) in [6.45, 7) is 4.45. The quantitative estimate of drug-likeness (QED) is 0.819. The highest BCUT2D eigenvalue weighted by Crippen LogP contribution is 2.24. The largest absolute Gasteiger partial charge is 0.313 e. The van der Waals surface area contributed by atoms with E-state index in [4.69, 9.17) is 0 Å². The summed E-state index contributed by atoms with van der Waals surface area (Å²) in [5, 5.41) is 3.25. The number of rotatable bonds is 3. The molecule has 0 aromatic heterocycles. The van der Waals surface area contributed by atoms with Crippen molar-refractivity contribution in [2.75, 3.05) is 6.54 Å². The van der Waals surface area contributed by atoms with Crippen molar-refractivity contribution in [3.05, 3.63) is 28.0 Å². The van der Waals surface area contributed by atoms with Gasteiger partial charge < -0.3 is 5.32 Å². The third-order valence-electron chi connectivity index (χ3n) is 3.58. The molecule has 8 heteroatoms. The van der Waals surface area contributed by atoms with Crippen molar-refractivity contribution < 1.29 is 12.8 Å².